The lowest BCUT2D eigenvalue weighted by molar-refractivity contribution is 0.00143. The lowest BCUT2D eigenvalue weighted by atomic mass is 9.68. The average molecular weight is 434 g/mol. The number of hydrogen-bond donors (Lipinski definition) is 1. The van der Waals surface area contributed by atoms with Gasteiger partial charge in [0.25, 0.3) is 5.91 Å². The third-order valence-corrected chi connectivity index (χ3v) is 8.24. The van der Waals surface area contributed by atoms with Crippen LogP contribution in [0.15, 0.2) is 40.8 Å². The number of aromatic nitrogens is 1. The molecule has 1 N–H and O–H groups in total. The average Bonchev–Trinajstić information content (AvgIpc) is 2.83. The van der Waals surface area contributed by atoms with Crippen LogP contribution < -0.4 is 10.2 Å². The van der Waals surface area contributed by atoms with Crippen molar-refractivity contribution in [3.8, 4) is 5.75 Å². The van der Waals surface area contributed by atoms with Crippen LogP contribution in [0.2, 0.25) is 0 Å². The van der Waals surface area contributed by atoms with Crippen molar-refractivity contribution in [3.05, 3.63) is 51.8 Å². The number of fused-ring (bicyclic) bond motifs is 7. The van der Waals surface area contributed by atoms with Gasteiger partial charge < -0.3 is 14.6 Å². The molecule has 3 saturated heterocycles. The van der Waals surface area contributed by atoms with Gasteiger partial charge in [-0.25, -0.2) is 0 Å². The molecule has 4 heterocycles. The molecule has 6 nitrogen and oxygen atoms in total. The van der Waals surface area contributed by atoms with Crippen LogP contribution in [0.25, 0.3) is 10.9 Å². The second-order valence-corrected chi connectivity index (χ2v) is 9.95. The van der Waals surface area contributed by atoms with E-state index in [1.54, 1.807) is 31.5 Å². The number of methoxy groups -OCH3 is 1. The van der Waals surface area contributed by atoms with Gasteiger partial charge in [-0.1, -0.05) is 18.1 Å². The summed E-state index contributed by atoms with van der Waals surface area (Å²) in [4.78, 5) is 34.8. The largest absolute Gasteiger partial charge is 0.497 e. The molecule has 1 amide bonds. The van der Waals surface area contributed by atoms with Crippen LogP contribution in [0, 0.1) is 11.8 Å². The number of nitrogens with one attached hydrogen (secondary N) is 1. The Morgan fingerprint density at radius 2 is 2.09 bits per heavy atom. The minimum Gasteiger partial charge on any atom is -0.497 e. The van der Waals surface area contributed by atoms with Gasteiger partial charge >= 0.3 is 0 Å². The van der Waals surface area contributed by atoms with Crippen LogP contribution in [0.5, 0.6) is 5.75 Å². The summed E-state index contributed by atoms with van der Waals surface area (Å²) in [5, 5.41) is 0.530. The predicted octanol–water partition coefficient (Wildman–Crippen LogP) is 3.57. The zero-order chi connectivity index (χ0) is 21.8. The number of carbonyl (C=O) groups is 1. The summed E-state index contributed by atoms with van der Waals surface area (Å²) in [5.74, 6) is 1.67. The molecule has 0 unspecified atom stereocenters. The van der Waals surface area contributed by atoms with Gasteiger partial charge in [-0.05, 0) is 62.6 Å². The van der Waals surface area contributed by atoms with Crippen LogP contribution in [0.3, 0.4) is 0 Å². The zero-order valence-corrected chi connectivity index (χ0v) is 18.7. The van der Waals surface area contributed by atoms with Crippen LogP contribution in [0.4, 0.5) is 0 Å². The minimum absolute atomic E-state index is 0.126. The first-order valence-corrected chi connectivity index (χ1v) is 12.1. The highest BCUT2D eigenvalue weighted by Gasteiger charge is 2.47. The van der Waals surface area contributed by atoms with E-state index in [0.29, 0.717) is 34.5 Å². The molecule has 1 aromatic carbocycles. The van der Waals surface area contributed by atoms with Crippen molar-refractivity contribution in [2.75, 3.05) is 26.7 Å². The molecule has 0 spiro atoms. The molecule has 1 aliphatic carbocycles. The summed E-state index contributed by atoms with van der Waals surface area (Å²) in [6.07, 6.45) is 11.3. The smallest absolute Gasteiger partial charge is 0.259 e. The monoisotopic (exact) mass is 433 g/mol. The van der Waals surface area contributed by atoms with Crippen molar-refractivity contribution in [1.29, 1.82) is 0 Å². The minimum atomic E-state index is -0.198. The molecule has 0 saturated carbocycles. The summed E-state index contributed by atoms with van der Waals surface area (Å²) in [6, 6.07) is 6.15. The second-order valence-electron chi connectivity index (χ2n) is 9.95. The van der Waals surface area contributed by atoms with E-state index in [1.807, 2.05) is 4.90 Å². The molecular weight excluding hydrogens is 402 g/mol. The quantitative estimate of drug-likeness (QED) is 0.736. The van der Waals surface area contributed by atoms with E-state index in [0.717, 1.165) is 25.9 Å². The third kappa shape index (κ3) is 3.11. The van der Waals surface area contributed by atoms with E-state index < -0.39 is 0 Å². The fraction of sp³-hybridized carbons (Fsp3) is 0.538. The Hall–Kier alpha value is -2.60. The number of aromatic amines is 1. The van der Waals surface area contributed by atoms with Gasteiger partial charge in [0.1, 0.15) is 11.3 Å². The maximum Gasteiger partial charge on any atom is 0.259 e. The maximum absolute atomic E-state index is 13.7. The Morgan fingerprint density at radius 1 is 1.19 bits per heavy atom. The number of likely N-dealkylation sites (tertiary alicyclic amines) is 1. The highest BCUT2D eigenvalue weighted by molar-refractivity contribution is 5.97. The highest BCUT2D eigenvalue weighted by Crippen LogP contribution is 2.45. The number of benzene rings is 1. The Labute approximate surface area is 188 Å². The number of nitrogens with zero attached hydrogens (tertiary/aromatic N) is 2. The van der Waals surface area contributed by atoms with Crippen molar-refractivity contribution in [3.63, 3.8) is 0 Å². The predicted molar refractivity (Wildman–Crippen MR) is 124 cm³/mol. The molecule has 1 aromatic heterocycles. The number of amides is 1. The molecule has 32 heavy (non-hydrogen) atoms. The molecule has 168 valence electrons. The lowest BCUT2D eigenvalue weighted by Gasteiger charge is -2.54. The van der Waals surface area contributed by atoms with E-state index in [9.17, 15) is 9.59 Å². The highest BCUT2D eigenvalue weighted by atomic mass is 16.5. The molecule has 0 radical (unpaired) electrons. The van der Waals surface area contributed by atoms with Crippen LogP contribution in [0.1, 0.15) is 48.9 Å². The Morgan fingerprint density at radius 3 is 2.97 bits per heavy atom. The number of carbonyl (C=O) groups excluding carboxylic acids is 1. The van der Waals surface area contributed by atoms with Crippen molar-refractivity contribution >= 4 is 16.8 Å². The first-order valence-electron chi connectivity index (χ1n) is 12.1. The number of rotatable bonds is 2. The summed E-state index contributed by atoms with van der Waals surface area (Å²) in [6.45, 7) is 3.00. The Bertz CT molecular complexity index is 1150. The number of pyridine rings is 1. The van der Waals surface area contributed by atoms with Crippen molar-refractivity contribution in [2.24, 2.45) is 11.8 Å². The number of ether oxygens (including phenoxy) is 1. The zero-order valence-electron chi connectivity index (χ0n) is 18.7. The number of H-pyrrole nitrogens is 1. The molecular formula is C26H31N3O3. The fourth-order valence-corrected chi connectivity index (χ4v) is 6.84. The van der Waals surface area contributed by atoms with Gasteiger partial charge in [0, 0.05) is 36.8 Å². The normalized spacial score (nSPS) is 29.8. The third-order valence-electron chi connectivity index (χ3n) is 8.24. The van der Waals surface area contributed by atoms with Crippen LogP contribution in [-0.2, 0) is 0 Å². The molecule has 4 aliphatic rings. The summed E-state index contributed by atoms with van der Waals surface area (Å²) in [7, 11) is 1.60. The molecule has 4 atom stereocenters. The standard InChI is InChI=1S/C26H31N3O3/c1-32-19-7-8-20-22(13-19)27-14-21(25(20)30)26(31)29-10-4-5-16-11-17-12-18(24(16)29)15-28-9-3-2-6-23(17)28/h7-8,11,13-14,17-18,23-24H,2-6,9-10,12,15H2,1H3,(H,27,30)/t17-,18-,23-,24+/m0/s1. The molecule has 2 bridgehead atoms. The van der Waals surface area contributed by atoms with E-state index in [-0.39, 0.29) is 22.9 Å². The van der Waals surface area contributed by atoms with E-state index >= 15 is 0 Å². The first kappa shape index (κ1) is 20.0. The van der Waals surface area contributed by atoms with E-state index in [1.165, 1.54) is 37.8 Å². The number of hydrogen-bond acceptors (Lipinski definition) is 4. The van der Waals surface area contributed by atoms with Gasteiger partial charge in [-0.15, -0.1) is 0 Å². The second kappa shape index (κ2) is 7.77. The summed E-state index contributed by atoms with van der Waals surface area (Å²) < 4.78 is 5.26. The van der Waals surface area contributed by atoms with Gasteiger partial charge in [-0.3, -0.25) is 14.5 Å². The van der Waals surface area contributed by atoms with Gasteiger partial charge in [0.15, 0.2) is 0 Å². The van der Waals surface area contributed by atoms with Crippen LogP contribution >= 0.6 is 0 Å². The molecule has 6 rings (SSSR count). The van der Waals surface area contributed by atoms with Gasteiger partial charge in [0.05, 0.1) is 18.7 Å². The molecule has 3 fully saturated rings. The van der Waals surface area contributed by atoms with Gasteiger partial charge in [-0.2, -0.15) is 0 Å². The molecule has 6 heteroatoms. The van der Waals surface area contributed by atoms with Crippen molar-refractivity contribution < 1.29 is 9.53 Å². The summed E-state index contributed by atoms with van der Waals surface area (Å²) >= 11 is 0. The maximum atomic E-state index is 13.7. The summed E-state index contributed by atoms with van der Waals surface area (Å²) in [5.41, 5.74) is 2.18. The van der Waals surface area contributed by atoms with E-state index in [2.05, 4.69) is 16.0 Å². The Kier molecular flexibility index (Phi) is 4.86. The van der Waals surface area contributed by atoms with Crippen molar-refractivity contribution in [1.82, 2.24) is 14.8 Å². The molecule has 2 aromatic rings. The number of piperidine rings is 3. The topological polar surface area (TPSA) is 65.6 Å². The van der Waals surface area contributed by atoms with E-state index in [4.69, 9.17) is 4.74 Å². The lowest BCUT2D eigenvalue weighted by Crippen LogP contribution is -2.60. The SMILES string of the molecule is COc1ccc2c(=O)c(C(=O)N3CCCC4=C[C@H]5C[C@@H](CN6CCCC[C@@H]56)[C@@H]43)c[nH]c2c1. The Balaban J connectivity index is 1.35. The van der Waals surface area contributed by atoms with Gasteiger partial charge in [0.2, 0.25) is 5.43 Å². The van der Waals surface area contributed by atoms with Crippen LogP contribution in [-0.4, -0.2) is 59.5 Å². The fourth-order valence-electron chi connectivity index (χ4n) is 6.84. The first-order chi connectivity index (χ1) is 15.6. The van der Waals surface area contributed by atoms with Crippen molar-refractivity contribution in [2.45, 2.75) is 50.6 Å². The molecule has 3 aliphatic heterocycles.